The highest BCUT2D eigenvalue weighted by Gasteiger charge is 2.26. The van der Waals surface area contributed by atoms with E-state index in [1.54, 1.807) is 29.7 Å². The standard InChI is InChI=1S/C21H17N3O3S2/c1-23-19-17(20(25)24(2)21(23)26)16(13-4-6-29-11-13)15-9-27-8-14(18(15)22-19)7-12-3-5-28-10-12/h3-7,10-11H,8-9H2,1-2H3/b14-7+. The maximum absolute atomic E-state index is 13.1. The monoisotopic (exact) mass is 423 g/mol. The molecule has 29 heavy (non-hydrogen) atoms. The van der Waals surface area contributed by atoms with Gasteiger partial charge in [0.25, 0.3) is 5.56 Å². The molecule has 5 rings (SSSR count). The quantitative estimate of drug-likeness (QED) is 0.495. The molecule has 4 aromatic rings. The van der Waals surface area contributed by atoms with E-state index in [1.165, 1.54) is 11.6 Å². The van der Waals surface area contributed by atoms with Crippen molar-refractivity contribution in [1.82, 2.24) is 14.1 Å². The molecule has 0 amide bonds. The zero-order valence-corrected chi connectivity index (χ0v) is 17.5. The van der Waals surface area contributed by atoms with Crippen LogP contribution in [0.3, 0.4) is 0 Å². The minimum atomic E-state index is -0.387. The highest BCUT2D eigenvalue weighted by atomic mass is 32.1. The number of nitrogens with zero attached hydrogens (tertiary/aromatic N) is 3. The number of pyridine rings is 1. The van der Waals surface area contributed by atoms with Gasteiger partial charge < -0.3 is 4.74 Å². The predicted molar refractivity (Wildman–Crippen MR) is 117 cm³/mol. The first kappa shape index (κ1) is 18.2. The molecule has 0 fully saturated rings. The molecule has 0 unspecified atom stereocenters. The number of fused-ring (bicyclic) bond motifs is 2. The molecule has 146 valence electrons. The molecule has 0 saturated carbocycles. The highest BCUT2D eigenvalue weighted by molar-refractivity contribution is 7.08. The Balaban J connectivity index is 1.95. The third-order valence-corrected chi connectivity index (χ3v) is 6.58. The first-order chi connectivity index (χ1) is 14.1. The van der Waals surface area contributed by atoms with E-state index < -0.39 is 0 Å². The maximum atomic E-state index is 13.1. The minimum Gasteiger partial charge on any atom is -0.372 e. The van der Waals surface area contributed by atoms with Crippen molar-refractivity contribution in [2.45, 2.75) is 6.61 Å². The first-order valence-corrected chi connectivity index (χ1v) is 10.9. The molecule has 6 nitrogen and oxygen atoms in total. The van der Waals surface area contributed by atoms with Gasteiger partial charge in [0.2, 0.25) is 0 Å². The van der Waals surface area contributed by atoms with Crippen LogP contribution in [0.15, 0.2) is 43.2 Å². The summed E-state index contributed by atoms with van der Waals surface area (Å²) in [4.78, 5) is 30.5. The topological polar surface area (TPSA) is 66.1 Å². The van der Waals surface area contributed by atoms with Gasteiger partial charge in [-0.25, -0.2) is 9.78 Å². The zero-order valence-electron chi connectivity index (χ0n) is 15.8. The van der Waals surface area contributed by atoms with E-state index in [1.807, 2.05) is 28.3 Å². The average molecular weight is 424 g/mol. The number of rotatable bonds is 2. The molecule has 0 aliphatic carbocycles. The van der Waals surface area contributed by atoms with E-state index in [2.05, 4.69) is 11.5 Å². The normalized spacial score (nSPS) is 15.2. The van der Waals surface area contributed by atoms with Crippen LogP contribution in [0.2, 0.25) is 0 Å². The smallest absolute Gasteiger partial charge is 0.332 e. The Bertz CT molecular complexity index is 1380. The number of thiophene rings is 2. The van der Waals surface area contributed by atoms with Gasteiger partial charge in [0.15, 0.2) is 5.65 Å². The average Bonchev–Trinajstić information content (AvgIpc) is 3.44. The van der Waals surface area contributed by atoms with Gasteiger partial charge in [0.05, 0.1) is 24.3 Å². The van der Waals surface area contributed by atoms with Crippen LogP contribution in [0.1, 0.15) is 16.8 Å². The van der Waals surface area contributed by atoms with E-state index in [0.29, 0.717) is 24.2 Å². The third kappa shape index (κ3) is 2.83. The Morgan fingerprint density at radius 3 is 2.59 bits per heavy atom. The van der Waals surface area contributed by atoms with Gasteiger partial charge in [-0.15, -0.1) is 0 Å². The fraction of sp³-hybridized carbons (Fsp3) is 0.190. The van der Waals surface area contributed by atoms with Gasteiger partial charge in [-0.1, -0.05) is 0 Å². The summed E-state index contributed by atoms with van der Waals surface area (Å²) in [7, 11) is 3.15. The van der Waals surface area contributed by atoms with Crippen molar-refractivity contribution in [3.63, 3.8) is 0 Å². The summed E-state index contributed by atoms with van der Waals surface area (Å²) in [5, 5.41) is 8.53. The van der Waals surface area contributed by atoms with Gasteiger partial charge in [0.1, 0.15) is 0 Å². The first-order valence-electron chi connectivity index (χ1n) is 9.02. The Morgan fingerprint density at radius 1 is 1.07 bits per heavy atom. The van der Waals surface area contributed by atoms with Crippen molar-refractivity contribution >= 4 is 45.4 Å². The summed E-state index contributed by atoms with van der Waals surface area (Å²) in [6.07, 6.45) is 2.06. The van der Waals surface area contributed by atoms with Crippen LogP contribution in [0, 0.1) is 0 Å². The Kier molecular flexibility index (Phi) is 4.34. The molecule has 0 N–H and O–H groups in total. The molecule has 0 aromatic carbocycles. The van der Waals surface area contributed by atoms with Crippen molar-refractivity contribution in [2.75, 3.05) is 6.61 Å². The van der Waals surface area contributed by atoms with Gasteiger partial charge in [-0.2, -0.15) is 22.7 Å². The molecule has 0 bridgehead atoms. The second-order valence-corrected chi connectivity index (χ2v) is 8.51. The van der Waals surface area contributed by atoms with Crippen molar-refractivity contribution in [3.8, 4) is 11.1 Å². The third-order valence-electron chi connectivity index (χ3n) is 5.19. The van der Waals surface area contributed by atoms with Gasteiger partial charge >= 0.3 is 5.69 Å². The van der Waals surface area contributed by atoms with E-state index in [4.69, 9.17) is 9.72 Å². The zero-order chi connectivity index (χ0) is 20.1. The second-order valence-electron chi connectivity index (χ2n) is 6.95. The van der Waals surface area contributed by atoms with Gasteiger partial charge in [-0.05, 0) is 50.9 Å². The van der Waals surface area contributed by atoms with Crippen molar-refractivity contribution in [2.24, 2.45) is 14.1 Å². The molecule has 0 saturated heterocycles. The lowest BCUT2D eigenvalue weighted by Gasteiger charge is -2.23. The maximum Gasteiger partial charge on any atom is 0.332 e. The molecule has 1 aliphatic rings. The lowest BCUT2D eigenvalue weighted by Crippen LogP contribution is -2.38. The van der Waals surface area contributed by atoms with Gasteiger partial charge in [0, 0.05) is 30.8 Å². The van der Waals surface area contributed by atoms with Crippen molar-refractivity contribution in [1.29, 1.82) is 0 Å². The van der Waals surface area contributed by atoms with E-state index in [-0.39, 0.29) is 11.2 Å². The van der Waals surface area contributed by atoms with Crippen LogP contribution in [-0.2, 0) is 25.4 Å². The summed E-state index contributed by atoms with van der Waals surface area (Å²) in [6, 6.07) is 4.03. The van der Waals surface area contributed by atoms with Crippen LogP contribution in [0.25, 0.3) is 33.8 Å². The summed E-state index contributed by atoms with van der Waals surface area (Å²) >= 11 is 3.19. The highest BCUT2D eigenvalue weighted by Crippen LogP contribution is 2.38. The molecule has 0 spiro atoms. The Hall–Kier alpha value is -2.81. The van der Waals surface area contributed by atoms with Crippen LogP contribution in [0.4, 0.5) is 0 Å². The van der Waals surface area contributed by atoms with Crippen LogP contribution >= 0.6 is 22.7 Å². The Labute approximate surface area is 174 Å². The SMILES string of the molecule is Cn1c(=O)c2c(-c3ccsc3)c3c(nc2n(C)c1=O)/C(=C/c1ccsc1)COC3. The van der Waals surface area contributed by atoms with E-state index in [0.717, 1.165) is 38.1 Å². The summed E-state index contributed by atoms with van der Waals surface area (Å²) in [6.45, 7) is 0.805. The number of hydrogen-bond donors (Lipinski definition) is 0. The van der Waals surface area contributed by atoms with Gasteiger partial charge in [-0.3, -0.25) is 13.9 Å². The minimum absolute atomic E-state index is 0.339. The van der Waals surface area contributed by atoms with Crippen LogP contribution in [-0.4, -0.2) is 20.7 Å². The number of ether oxygens (including phenoxy) is 1. The van der Waals surface area contributed by atoms with Crippen LogP contribution < -0.4 is 11.2 Å². The summed E-state index contributed by atoms with van der Waals surface area (Å²) < 4.78 is 8.48. The molecule has 4 aromatic heterocycles. The fourth-order valence-corrected chi connectivity index (χ4v) is 5.02. The Morgan fingerprint density at radius 2 is 1.86 bits per heavy atom. The molecule has 0 radical (unpaired) electrons. The number of aryl methyl sites for hydroxylation is 1. The molecule has 1 aliphatic heterocycles. The largest absolute Gasteiger partial charge is 0.372 e. The fourth-order valence-electron chi connectivity index (χ4n) is 3.76. The van der Waals surface area contributed by atoms with E-state index in [9.17, 15) is 9.59 Å². The van der Waals surface area contributed by atoms with Crippen molar-refractivity contribution < 1.29 is 4.74 Å². The number of aromatic nitrogens is 3. The lowest BCUT2D eigenvalue weighted by atomic mass is 9.93. The molecule has 8 heteroatoms. The number of hydrogen-bond acceptors (Lipinski definition) is 6. The molecule has 5 heterocycles. The van der Waals surface area contributed by atoms with Crippen molar-refractivity contribution in [3.05, 3.63) is 71.3 Å². The summed E-state index contributed by atoms with van der Waals surface area (Å²) in [5.74, 6) is 0. The van der Waals surface area contributed by atoms with Crippen LogP contribution in [0.5, 0.6) is 0 Å². The van der Waals surface area contributed by atoms with E-state index >= 15 is 0 Å². The summed E-state index contributed by atoms with van der Waals surface area (Å²) in [5.41, 5.74) is 5.12. The molecular formula is C21H17N3O3S2. The lowest BCUT2D eigenvalue weighted by molar-refractivity contribution is 0.146. The molecular weight excluding hydrogens is 406 g/mol. The predicted octanol–water partition coefficient (Wildman–Crippen LogP) is 3.49. The molecule has 0 atom stereocenters. The second kappa shape index (κ2) is 6.91.